The lowest BCUT2D eigenvalue weighted by Crippen LogP contribution is -2.43. The van der Waals surface area contributed by atoms with Crippen molar-refractivity contribution in [2.24, 2.45) is 0 Å². The van der Waals surface area contributed by atoms with E-state index in [1.807, 2.05) is 13.8 Å². The van der Waals surface area contributed by atoms with Crippen molar-refractivity contribution in [3.05, 3.63) is 35.4 Å². The normalized spacial score (nSPS) is 16.1. The first-order chi connectivity index (χ1) is 9.03. The molecule has 0 bridgehead atoms. The summed E-state index contributed by atoms with van der Waals surface area (Å²) in [5.74, 6) is -1.90. The summed E-state index contributed by atoms with van der Waals surface area (Å²) in [6.45, 7) is 3.77. The van der Waals surface area contributed by atoms with Crippen LogP contribution in [0.1, 0.15) is 38.4 Å². The van der Waals surface area contributed by atoms with Crippen LogP contribution in [0.25, 0.3) is 0 Å². The third kappa shape index (κ3) is 4.23. The molecule has 3 nitrogen and oxygen atoms in total. The van der Waals surface area contributed by atoms with Gasteiger partial charge in [0, 0.05) is 12.1 Å². The van der Waals surface area contributed by atoms with E-state index in [1.54, 1.807) is 0 Å². The molecule has 3 unspecified atom stereocenters. The first-order valence-corrected chi connectivity index (χ1v) is 6.53. The van der Waals surface area contributed by atoms with Crippen molar-refractivity contribution in [2.45, 2.75) is 44.9 Å². The molecule has 19 heavy (non-hydrogen) atoms. The van der Waals surface area contributed by atoms with Crippen LogP contribution in [0.2, 0.25) is 0 Å². The Morgan fingerprint density at radius 3 is 2.32 bits per heavy atom. The molecule has 0 saturated heterocycles. The Morgan fingerprint density at radius 2 is 1.84 bits per heavy atom. The maximum atomic E-state index is 13.2. The maximum Gasteiger partial charge on any atom is 0.159 e. The summed E-state index contributed by atoms with van der Waals surface area (Å²) < 4.78 is 26.0. The maximum absolute atomic E-state index is 13.2. The minimum atomic E-state index is -0.972. The van der Waals surface area contributed by atoms with Gasteiger partial charge in [-0.1, -0.05) is 19.9 Å². The molecule has 1 aromatic carbocycles. The summed E-state index contributed by atoms with van der Waals surface area (Å²) in [5.41, 5.74) is 0.325. The molecule has 0 aliphatic carbocycles. The number of benzene rings is 1. The predicted molar refractivity (Wildman–Crippen MR) is 69.7 cm³/mol. The Balaban J connectivity index is 2.82. The molecule has 0 radical (unpaired) electrons. The van der Waals surface area contributed by atoms with Gasteiger partial charge in [0.05, 0.1) is 12.7 Å². The highest BCUT2D eigenvalue weighted by Gasteiger charge is 2.22. The summed E-state index contributed by atoms with van der Waals surface area (Å²) >= 11 is 0. The van der Waals surface area contributed by atoms with Crippen molar-refractivity contribution in [2.75, 3.05) is 6.61 Å². The molecule has 0 saturated carbocycles. The summed E-state index contributed by atoms with van der Waals surface area (Å²) in [4.78, 5) is 0. The van der Waals surface area contributed by atoms with Crippen LogP contribution in [0.5, 0.6) is 0 Å². The average Bonchev–Trinajstić information content (AvgIpc) is 2.42. The molecule has 3 atom stereocenters. The van der Waals surface area contributed by atoms with Crippen molar-refractivity contribution >= 4 is 0 Å². The number of aliphatic hydroxyl groups excluding tert-OH is 2. The number of hydrogen-bond donors (Lipinski definition) is 3. The largest absolute Gasteiger partial charge is 0.395 e. The minimum Gasteiger partial charge on any atom is -0.395 e. The van der Waals surface area contributed by atoms with Crippen LogP contribution < -0.4 is 5.32 Å². The van der Waals surface area contributed by atoms with Gasteiger partial charge in [0.15, 0.2) is 11.6 Å². The fourth-order valence-corrected chi connectivity index (χ4v) is 1.96. The van der Waals surface area contributed by atoms with E-state index in [9.17, 15) is 13.9 Å². The Hall–Kier alpha value is -1.04. The first-order valence-electron chi connectivity index (χ1n) is 6.53. The molecule has 0 aromatic heterocycles. The van der Waals surface area contributed by atoms with Crippen LogP contribution in [0.4, 0.5) is 8.78 Å². The number of hydrogen-bond acceptors (Lipinski definition) is 3. The molecule has 0 aliphatic rings. The second-order valence-corrected chi connectivity index (χ2v) is 4.59. The molecular formula is C14H21F2NO2. The third-order valence-corrected chi connectivity index (χ3v) is 3.27. The highest BCUT2D eigenvalue weighted by Crippen LogP contribution is 2.21. The topological polar surface area (TPSA) is 52.5 Å². The zero-order valence-corrected chi connectivity index (χ0v) is 11.2. The van der Waals surface area contributed by atoms with E-state index in [4.69, 9.17) is 5.11 Å². The standard InChI is InChI=1S/C14H21F2NO2/c1-3-10(8-18)17-13(4-2)14(19)9-5-6-11(15)12(16)7-9/h5-7,10,13-14,17-19H,3-4,8H2,1-2H3. The molecule has 5 heteroatoms. The molecule has 0 spiro atoms. The summed E-state index contributed by atoms with van der Waals surface area (Å²) in [6.07, 6.45) is 0.384. The van der Waals surface area contributed by atoms with Crippen LogP contribution in [-0.2, 0) is 0 Å². The van der Waals surface area contributed by atoms with E-state index < -0.39 is 17.7 Å². The van der Waals surface area contributed by atoms with Gasteiger partial charge in [-0.25, -0.2) is 8.78 Å². The summed E-state index contributed by atoms with van der Waals surface area (Å²) in [5, 5.41) is 22.5. The second kappa shape index (κ2) is 7.53. The van der Waals surface area contributed by atoms with E-state index in [0.717, 1.165) is 18.6 Å². The average molecular weight is 273 g/mol. The highest BCUT2D eigenvalue weighted by atomic mass is 19.2. The molecule has 1 rings (SSSR count). The van der Waals surface area contributed by atoms with E-state index in [1.165, 1.54) is 6.07 Å². The number of aliphatic hydroxyl groups is 2. The van der Waals surface area contributed by atoms with E-state index in [0.29, 0.717) is 12.0 Å². The SMILES string of the molecule is CCC(CO)NC(CC)C(O)c1ccc(F)c(F)c1. The molecule has 0 aliphatic heterocycles. The lowest BCUT2D eigenvalue weighted by molar-refractivity contribution is 0.108. The van der Waals surface area contributed by atoms with Crippen LogP contribution in [0, 0.1) is 11.6 Å². The zero-order chi connectivity index (χ0) is 14.4. The Kier molecular flexibility index (Phi) is 6.34. The first kappa shape index (κ1) is 16.0. The summed E-state index contributed by atoms with van der Waals surface area (Å²) in [6, 6.07) is 2.94. The van der Waals surface area contributed by atoms with Crippen molar-refractivity contribution in [3.8, 4) is 0 Å². The fourth-order valence-electron chi connectivity index (χ4n) is 1.96. The predicted octanol–water partition coefficient (Wildman–Crippen LogP) is 2.14. The molecule has 3 N–H and O–H groups in total. The lowest BCUT2D eigenvalue weighted by atomic mass is 9.99. The van der Waals surface area contributed by atoms with Gasteiger partial charge >= 0.3 is 0 Å². The molecular weight excluding hydrogens is 252 g/mol. The number of halogens is 2. The second-order valence-electron chi connectivity index (χ2n) is 4.59. The quantitative estimate of drug-likeness (QED) is 0.713. The Morgan fingerprint density at radius 1 is 1.16 bits per heavy atom. The smallest absolute Gasteiger partial charge is 0.159 e. The van der Waals surface area contributed by atoms with E-state index >= 15 is 0 Å². The van der Waals surface area contributed by atoms with Crippen LogP contribution >= 0.6 is 0 Å². The van der Waals surface area contributed by atoms with Crippen LogP contribution in [0.3, 0.4) is 0 Å². The fraction of sp³-hybridized carbons (Fsp3) is 0.571. The minimum absolute atomic E-state index is 0.0303. The lowest BCUT2D eigenvalue weighted by Gasteiger charge is -2.27. The zero-order valence-electron chi connectivity index (χ0n) is 11.2. The summed E-state index contributed by atoms with van der Waals surface area (Å²) in [7, 11) is 0. The molecule has 0 heterocycles. The van der Waals surface area contributed by atoms with Gasteiger partial charge in [0.1, 0.15) is 0 Å². The van der Waals surface area contributed by atoms with E-state index in [-0.39, 0.29) is 18.7 Å². The molecule has 0 amide bonds. The van der Waals surface area contributed by atoms with Crippen LogP contribution in [0.15, 0.2) is 18.2 Å². The van der Waals surface area contributed by atoms with Gasteiger partial charge in [-0.15, -0.1) is 0 Å². The van der Waals surface area contributed by atoms with Crippen LogP contribution in [-0.4, -0.2) is 28.9 Å². The Bertz CT molecular complexity index is 397. The third-order valence-electron chi connectivity index (χ3n) is 3.27. The van der Waals surface area contributed by atoms with Gasteiger partial charge in [0.25, 0.3) is 0 Å². The van der Waals surface area contributed by atoms with Gasteiger partial charge in [-0.3, -0.25) is 0 Å². The molecule has 0 fully saturated rings. The number of nitrogens with one attached hydrogen (secondary N) is 1. The van der Waals surface area contributed by atoms with Crippen molar-refractivity contribution < 1.29 is 19.0 Å². The van der Waals surface area contributed by atoms with Gasteiger partial charge in [0.2, 0.25) is 0 Å². The highest BCUT2D eigenvalue weighted by molar-refractivity contribution is 5.21. The molecule has 108 valence electrons. The van der Waals surface area contributed by atoms with Crippen molar-refractivity contribution in [1.82, 2.24) is 5.32 Å². The van der Waals surface area contributed by atoms with Gasteiger partial charge < -0.3 is 15.5 Å². The van der Waals surface area contributed by atoms with E-state index in [2.05, 4.69) is 5.32 Å². The molecule has 1 aromatic rings. The number of rotatable bonds is 7. The van der Waals surface area contributed by atoms with Crippen molar-refractivity contribution in [1.29, 1.82) is 0 Å². The van der Waals surface area contributed by atoms with Gasteiger partial charge in [-0.05, 0) is 30.5 Å². The monoisotopic (exact) mass is 273 g/mol. The Labute approximate surface area is 112 Å². The van der Waals surface area contributed by atoms with Crippen molar-refractivity contribution in [3.63, 3.8) is 0 Å². The van der Waals surface area contributed by atoms with Gasteiger partial charge in [-0.2, -0.15) is 0 Å².